The minimum Gasteiger partial charge on any atom is -0.493 e. The molecular weight excluding hydrogens is 422 g/mol. The zero-order valence-corrected chi connectivity index (χ0v) is 20.2. The Bertz CT molecular complexity index is 941. The number of benzene rings is 1. The molecule has 2 aliphatic heterocycles. The van der Waals surface area contributed by atoms with Crippen molar-refractivity contribution in [1.82, 2.24) is 14.5 Å². The number of carbonyl (C=O) groups is 2. The van der Waals surface area contributed by atoms with Gasteiger partial charge < -0.3 is 24.3 Å². The smallest absolute Gasteiger partial charge is 0.256 e. The number of fused-ring (bicyclic) bond motifs is 2. The summed E-state index contributed by atoms with van der Waals surface area (Å²) in [7, 11) is 3.43. The van der Waals surface area contributed by atoms with Crippen molar-refractivity contribution in [2.75, 3.05) is 25.6 Å². The van der Waals surface area contributed by atoms with Crippen LogP contribution < -0.4 is 14.8 Å². The van der Waals surface area contributed by atoms with Gasteiger partial charge in [0.2, 0.25) is 6.41 Å². The molecule has 33 heavy (non-hydrogen) atoms. The highest BCUT2D eigenvalue weighted by Gasteiger charge is 2.32. The molecule has 1 unspecified atom stereocenters. The fourth-order valence-corrected chi connectivity index (χ4v) is 3.49. The molecule has 1 N–H and O–H groups in total. The van der Waals surface area contributed by atoms with Crippen LogP contribution in [0.25, 0.3) is 0 Å². The number of methoxy groups -OCH3 is 1. The SMILES string of the molecule is CC.CCCCOc1cc2c(cc1OC)C(=O)N1CCCC1C=N2.Cn1cnc(NC=O)c1. The standard InChI is InChI=1S/C17H22N2O3.C5H7N3O.C2H6/c1-3-4-8-22-16-10-14-13(9-15(16)21-2)17(20)19-7-5-6-12(19)11-18-14;1-8-2-5(6-3-8)7-4-9;1-2/h9-12H,3-8H2,1-2H3;2-4H,1H3,(H,7,9);1-2H3. The van der Waals surface area contributed by atoms with E-state index >= 15 is 0 Å². The van der Waals surface area contributed by atoms with Crippen molar-refractivity contribution >= 4 is 30.0 Å². The Morgan fingerprint density at radius 3 is 2.70 bits per heavy atom. The summed E-state index contributed by atoms with van der Waals surface area (Å²) in [6, 6.07) is 3.70. The number of nitrogens with zero attached hydrogens (tertiary/aromatic N) is 4. The fourth-order valence-electron chi connectivity index (χ4n) is 3.49. The molecule has 180 valence electrons. The van der Waals surface area contributed by atoms with Crippen LogP contribution in [-0.4, -0.2) is 59.3 Å². The van der Waals surface area contributed by atoms with E-state index in [1.54, 1.807) is 30.3 Å². The number of anilines is 1. The first kappa shape index (κ1) is 25.9. The van der Waals surface area contributed by atoms with Gasteiger partial charge in [-0.05, 0) is 25.3 Å². The summed E-state index contributed by atoms with van der Waals surface area (Å²) in [6.07, 6.45) is 9.90. The third-order valence-electron chi connectivity index (χ3n) is 5.13. The molecule has 0 radical (unpaired) electrons. The van der Waals surface area contributed by atoms with Crippen LogP contribution in [0.2, 0.25) is 0 Å². The number of imidazole rings is 1. The minimum absolute atomic E-state index is 0.0356. The molecule has 0 saturated carbocycles. The Morgan fingerprint density at radius 1 is 1.27 bits per heavy atom. The fraction of sp³-hybridized carbons (Fsp3) is 0.500. The molecule has 9 nitrogen and oxygen atoms in total. The molecule has 1 fully saturated rings. The van der Waals surface area contributed by atoms with Gasteiger partial charge in [0.1, 0.15) is 0 Å². The lowest BCUT2D eigenvalue weighted by atomic mass is 10.1. The Balaban J connectivity index is 0.000000293. The molecule has 0 spiro atoms. The summed E-state index contributed by atoms with van der Waals surface area (Å²) in [5, 5.41) is 2.42. The molecule has 2 amide bonds. The first-order valence-electron chi connectivity index (χ1n) is 11.5. The Morgan fingerprint density at radius 2 is 2.06 bits per heavy atom. The van der Waals surface area contributed by atoms with E-state index in [-0.39, 0.29) is 11.9 Å². The number of ether oxygens (including phenoxy) is 2. The van der Waals surface area contributed by atoms with Crippen molar-refractivity contribution in [2.24, 2.45) is 12.0 Å². The Labute approximate surface area is 195 Å². The summed E-state index contributed by atoms with van der Waals surface area (Å²) in [6.45, 7) is 7.55. The average Bonchev–Trinajstić information content (AvgIpc) is 3.45. The normalized spacial score (nSPS) is 15.7. The minimum atomic E-state index is 0.0356. The first-order chi connectivity index (χ1) is 16.1. The molecule has 0 aliphatic carbocycles. The van der Waals surface area contributed by atoms with Gasteiger partial charge in [0, 0.05) is 32.1 Å². The molecule has 3 heterocycles. The van der Waals surface area contributed by atoms with Gasteiger partial charge in [-0.25, -0.2) is 4.98 Å². The molecular formula is C24H35N5O4. The van der Waals surface area contributed by atoms with Crippen LogP contribution in [0, 0.1) is 0 Å². The summed E-state index contributed by atoms with van der Waals surface area (Å²) in [4.78, 5) is 32.8. The number of unbranched alkanes of at least 4 members (excludes halogenated alkanes) is 1. The van der Waals surface area contributed by atoms with Crippen LogP contribution in [0.5, 0.6) is 11.5 Å². The summed E-state index contributed by atoms with van der Waals surface area (Å²) in [5.74, 6) is 1.86. The summed E-state index contributed by atoms with van der Waals surface area (Å²) < 4.78 is 12.9. The third-order valence-corrected chi connectivity index (χ3v) is 5.13. The lowest BCUT2D eigenvalue weighted by Crippen LogP contribution is -2.35. The highest BCUT2D eigenvalue weighted by molar-refractivity contribution is 6.03. The lowest BCUT2D eigenvalue weighted by molar-refractivity contribution is -0.105. The number of aromatic nitrogens is 2. The summed E-state index contributed by atoms with van der Waals surface area (Å²) in [5.41, 5.74) is 1.27. The van der Waals surface area contributed by atoms with E-state index in [0.717, 1.165) is 32.2 Å². The second-order valence-electron chi connectivity index (χ2n) is 7.40. The zero-order valence-electron chi connectivity index (χ0n) is 20.2. The van der Waals surface area contributed by atoms with E-state index in [4.69, 9.17) is 9.47 Å². The molecule has 4 rings (SSSR count). The van der Waals surface area contributed by atoms with Gasteiger partial charge in [-0.3, -0.25) is 14.6 Å². The third kappa shape index (κ3) is 6.81. The van der Waals surface area contributed by atoms with Crippen molar-refractivity contribution in [2.45, 2.75) is 52.5 Å². The average molecular weight is 458 g/mol. The largest absolute Gasteiger partial charge is 0.493 e. The van der Waals surface area contributed by atoms with Crippen LogP contribution in [0.3, 0.4) is 0 Å². The zero-order chi connectivity index (χ0) is 24.2. The molecule has 1 saturated heterocycles. The number of rotatable bonds is 7. The molecule has 1 aromatic carbocycles. The molecule has 2 aliphatic rings. The first-order valence-corrected chi connectivity index (χ1v) is 11.5. The van der Waals surface area contributed by atoms with Crippen LogP contribution in [0.1, 0.15) is 56.8 Å². The van der Waals surface area contributed by atoms with Gasteiger partial charge in [-0.1, -0.05) is 27.2 Å². The Kier molecular flexibility index (Phi) is 10.4. The second kappa shape index (κ2) is 13.2. The molecule has 0 bridgehead atoms. The van der Waals surface area contributed by atoms with Crippen LogP contribution in [-0.2, 0) is 11.8 Å². The monoisotopic (exact) mass is 457 g/mol. The topological polar surface area (TPSA) is 98.1 Å². The quantitative estimate of drug-likeness (QED) is 0.496. The number of aliphatic imine (C=N–C) groups is 1. The molecule has 2 aromatic rings. The second-order valence-corrected chi connectivity index (χ2v) is 7.40. The van der Waals surface area contributed by atoms with Crippen LogP contribution in [0.4, 0.5) is 11.5 Å². The maximum absolute atomic E-state index is 12.7. The van der Waals surface area contributed by atoms with Crippen LogP contribution in [0.15, 0.2) is 29.6 Å². The highest BCUT2D eigenvalue weighted by Crippen LogP contribution is 2.38. The van der Waals surface area contributed by atoms with Crippen molar-refractivity contribution in [3.63, 3.8) is 0 Å². The van der Waals surface area contributed by atoms with E-state index in [9.17, 15) is 9.59 Å². The van der Waals surface area contributed by atoms with Crippen molar-refractivity contribution in [3.8, 4) is 11.5 Å². The number of aryl methyl sites for hydroxylation is 1. The Hall–Kier alpha value is -3.36. The predicted octanol–water partition coefficient (Wildman–Crippen LogP) is 4.21. The van der Waals surface area contributed by atoms with E-state index in [1.165, 1.54) is 0 Å². The number of amides is 2. The number of carbonyl (C=O) groups excluding carboxylic acids is 2. The van der Waals surface area contributed by atoms with Gasteiger partial charge in [0.05, 0.1) is 37.3 Å². The number of hydrogen-bond acceptors (Lipinski definition) is 6. The molecule has 1 atom stereocenters. The predicted molar refractivity (Wildman–Crippen MR) is 130 cm³/mol. The maximum atomic E-state index is 12.7. The van der Waals surface area contributed by atoms with Crippen molar-refractivity contribution in [3.05, 3.63) is 30.2 Å². The van der Waals surface area contributed by atoms with E-state index < -0.39 is 0 Å². The van der Waals surface area contributed by atoms with E-state index in [0.29, 0.717) is 41.6 Å². The van der Waals surface area contributed by atoms with Crippen LogP contribution >= 0.6 is 0 Å². The van der Waals surface area contributed by atoms with Gasteiger partial charge in [-0.15, -0.1) is 0 Å². The van der Waals surface area contributed by atoms with Crippen molar-refractivity contribution in [1.29, 1.82) is 0 Å². The lowest BCUT2D eigenvalue weighted by Gasteiger charge is -2.20. The highest BCUT2D eigenvalue weighted by atomic mass is 16.5. The van der Waals surface area contributed by atoms with E-state index in [2.05, 4.69) is 22.2 Å². The summed E-state index contributed by atoms with van der Waals surface area (Å²) >= 11 is 0. The number of hydrogen-bond donors (Lipinski definition) is 1. The molecule has 1 aromatic heterocycles. The maximum Gasteiger partial charge on any atom is 0.256 e. The molecule has 9 heteroatoms. The van der Waals surface area contributed by atoms with E-state index in [1.807, 2.05) is 38.1 Å². The van der Waals surface area contributed by atoms with Crippen molar-refractivity contribution < 1.29 is 19.1 Å². The van der Waals surface area contributed by atoms with Gasteiger partial charge in [0.15, 0.2) is 17.3 Å². The van der Waals surface area contributed by atoms with Gasteiger partial charge in [-0.2, -0.15) is 0 Å². The number of nitrogens with one attached hydrogen (secondary N) is 1. The van der Waals surface area contributed by atoms with Gasteiger partial charge >= 0.3 is 0 Å². The van der Waals surface area contributed by atoms with Gasteiger partial charge in [0.25, 0.3) is 5.91 Å².